The first-order chi connectivity index (χ1) is 8.64. The Morgan fingerprint density at radius 1 is 1.50 bits per heavy atom. The number of hydrogen-bond acceptors (Lipinski definition) is 4. The topological polar surface area (TPSA) is 37.0 Å². The average Bonchev–Trinajstić information content (AvgIpc) is 3.00. The highest BCUT2D eigenvalue weighted by Gasteiger charge is 2.36. The van der Waals surface area contributed by atoms with Gasteiger partial charge in [0.25, 0.3) is 0 Å². The Labute approximate surface area is 114 Å². The molecule has 1 saturated heterocycles. The van der Waals surface area contributed by atoms with Crippen molar-refractivity contribution in [3.8, 4) is 0 Å². The van der Waals surface area contributed by atoms with E-state index < -0.39 is 0 Å². The van der Waals surface area contributed by atoms with Crippen molar-refractivity contribution in [2.45, 2.75) is 33.1 Å². The Morgan fingerprint density at radius 3 is 2.89 bits per heavy atom. The van der Waals surface area contributed by atoms with Gasteiger partial charge in [0, 0.05) is 37.1 Å². The summed E-state index contributed by atoms with van der Waals surface area (Å²) < 4.78 is 0. The summed E-state index contributed by atoms with van der Waals surface area (Å²) in [5, 5.41) is 10.5. The van der Waals surface area contributed by atoms with E-state index >= 15 is 0 Å². The molecule has 2 N–H and O–H groups in total. The number of hydrogen-bond donors (Lipinski definition) is 2. The Bertz CT molecular complexity index is 342. The first kappa shape index (κ1) is 14.0. The van der Waals surface area contributed by atoms with Gasteiger partial charge in [-0.1, -0.05) is 20.8 Å². The first-order valence-electron chi connectivity index (χ1n) is 6.95. The molecule has 2 rings (SSSR count). The summed E-state index contributed by atoms with van der Waals surface area (Å²) in [7, 11) is 0. The molecular weight excluding hydrogens is 242 g/mol. The van der Waals surface area contributed by atoms with Crippen molar-refractivity contribution < 1.29 is 0 Å². The molecule has 2 atom stereocenters. The van der Waals surface area contributed by atoms with Crippen molar-refractivity contribution in [3.05, 3.63) is 16.6 Å². The lowest BCUT2D eigenvalue weighted by molar-refractivity contribution is 0.208. The second kappa shape index (κ2) is 6.13. The molecule has 2 unspecified atom stereocenters. The van der Waals surface area contributed by atoms with E-state index in [1.165, 1.54) is 18.0 Å². The molecule has 1 aliphatic heterocycles. The summed E-state index contributed by atoms with van der Waals surface area (Å²) in [5.74, 6) is 1.25. The Hall–Kier alpha value is -0.450. The van der Waals surface area contributed by atoms with E-state index in [2.05, 4.69) is 41.8 Å². The standard InChI is InChI=1S/C14H25N3S/c1-11(2)14(4-5-15-9-14)10-16-8-12(3)13-17-6-7-18-13/h6-7,11-12,15-16H,4-5,8-10H2,1-3H3. The van der Waals surface area contributed by atoms with Crippen molar-refractivity contribution in [1.82, 2.24) is 15.6 Å². The monoisotopic (exact) mass is 267 g/mol. The van der Waals surface area contributed by atoms with Crippen LogP contribution in [0.3, 0.4) is 0 Å². The van der Waals surface area contributed by atoms with Crippen LogP contribution >= 0.6 is 11.3 Å². The van der Waals surface area contributed by atoms with Crippen molar-refractivity contribution in [2.75, 3.05) is 26.2 Å². The summed E-state index contributed by atoms with van der Waals surface area (Å²) in [4.78, 5) is 4.39. The molecular formula is C14H25N3S. The zero-order valence-corrected chi connectivity index (χ0v) is 12.5. The average molecular weight is 267 g/mol. The minimum Gasteiger partial charge on any atom is -0.316 e. The van der Waals surface area contributed by atoms with Gasteiger partial charge >= 0.3 is 0 Å². The molecule has 1 aromatic heterocycles. The van der Waals surface area contributed by atoms with Crippen LogP contribution in [0, 0.1) is 11.3 Å². The van der Waals surface area contributed by atoms with Crippen LogP contribution in [-0.4, -0.2) is 31.2 Å². The maximum absolute atomic E-state index is 4.39. The van der Waals surface area contributed by atoms with Gasteiger partial charge in [0.2, 0.25) is 0 Å². The Morgan fingerprint density at radius 2 is 2.33 bits per heavy atom. The molecule has 1 aliphatic rings. The van der Waals surface area contributed by atoms with E-state index in [9.17, 15) is 0 Å². The maximum Gasteiger partial charge on any atom is 0.0965 e. The second-order valence-electron chi connectivity index (χ2n) is 5.85. The van der Waals surface area contributed by atoms with Crippen molar-refractivity contribution in [3.63, 3.8) is 0 Å². The van der Waals surface area contributed by atoms with Gasteiger partial charge in [-0.3, -0.25) is 0 Å². The highest BCUT2D eigenvalue weighted by atomic mass is 32.1. The van der Waals surface area contributed by atoms with Crippen LogP contribution in [0.2, 0.25) is 0 Å². The Kier molecular flexibility index (Phi) is 4.76. The number of thiazole rings is 1. The number of nitrogens with zero attached hydrogens (tertiary/aromatic N) is 1. The predicted molar refractivity (Wildman–Crippen MR) is 78.2 cm³/mol. The molecule has 0 aliphatic carbocycles. The van der Waals surface area contributed by atoms with Crippen LogP contribution in [0.4, 0.5) is 0 Å². The van der Waals surface area contributed by atoms with Crippen LogP contribution in [0.1, 0.15) is 38.1 Å². The van der Waals surface area contributed by atoms with E-state index in [1.807, 2.05) is 6.20 Å². The summed E-state index contributed by atoms with van der Waals surface area (Å²) in [6.07, 6.45) is 3.19. The third-order valence-electron chi connectivity index (χ3n) is 4.30. The van der Waals surface area contributed by atoms with E-state index in [0.29, 0.717) is 11.3 Å². The third kappa shape index (κ3) is 3.11. The van der Waals surface area contributed by atoms with Gasteiger partial charge in [-0.2, -0.15) is 0 Å². The van der Waals surface area contributed by atoms with Crippen LogP contribution in [0.15, 0.2) is 11.6 Å². The molecule has 0 amide bonds. The highest BCUT2D eigenvalue weighted by Crippen LogP contribution is 2.33. The van der Waals surface area contributed by atoms with E-state index in [0.717, 1.165) is 25.6 Å². The molecule has 1 fully saturated rings. The lowest BCUT2D eigenvalue weighted by Crippen LogP contribution is -2.41. The molecule has 0 aromatic carbocycles. The lowest BCUT2D eigenvalue weighted by Gasteiger charge is -2.33. The minimum absolute atomic E-state index is 0.447. The van der Waals surface area contributed by atoms with Gasteiger partial charge in [0.15, 0.2) is 0 Å². The highest BCUT2D eigenvalue weighted by molar-refractivity contribution is 7.09. The fraction of sp³-hybridized carbons (Fsp3) is 0.786. The number of nitrogens with one attached hydrogen (secondary N) is 2. The van der Waals surface area contributed by atoms with Gasteiger partial charge in [-0.25, -0.2) is 4.98 Å². The van der Waals surface area contributed by atoms with Crippen molar-refractivity contribution in [1.29, 1.82) is 0 Å². The molecule has 3 nitrogen and oxygen atoms in total. The molecule has 0 radical (unpaired) electrons. The third-order valence-corrected chi connectivity index (χ3v) is 5.31. The molecule has 0 saturated carbocycles. The van der Waals surface area contributed by atoms with E-state index in [-0.39, 0.29) is 0 Å². The molecule has 4 heteroatoms. The zero-order chi connectivity index (χ0) is 13.0. The predicted octanol–water partition coefficient (Wildman–Crippen LogP) is 2.47. The summed E-state index contributed by atoms with van der Waals surface area (Å²) >= 11 is 1.76. The number of rotatable bonds is 6. The van der Waals surface area contributed by atoms with Gasteiger partial charge in [0.05, 0.1) is 5.01 Å². The van der Waals surface area contributed by atoms with Gasteiger partial charge in [-0.05, 0) is 24.3 Å². The van der Waals surface area contributed by atoms with Crippen molar-refractivity contribution in [2.24, 2.45) is 11.3 Å². The molecule has 18 heavy (non-hydrogen) atoms. The second-order valence-corrected chi connectivity index (χ2v) is 6.77. The van der Waals surface area contributed by atoms with Crippen molar-refractivity contribution >= 4 is 11.3 Å². The van der Waals surface area contributed by atoms with Crippen LogP contribution in [-0.2, 0) is 0 Å². The molecule has 102 valence electrons. The molecule has 1 aromatic rings. The largest absolute Gasteiger partial charge is 0.316 e. The fourth-order valence-corrected chi connectivity index (χ4v) is 3.41. The summed E-state index contributed by atoms with van der Waals surface area (Å²) in [6.45, 7) is 11.4. The van der Waals surface area contributed by atoms with Gasteiger partial charge < -0.3 is 10.6 Å². The number of aromatic nitrogens is 1. The van der Waals surface area contributed by atoms with Crippen LogP contribution < -0.4 is 10.6 Å². The maximum atomic E-state index is 4.39. The van der Waals surface area contributed by atoms with Gasteiger partial charge in [0.1, 0.15) is 0 Å². The SMILES string of the molecule is CC(CNCC1(C(C)C)CCNC1)c1nccs1. The van der Waals surface area contributed by atoms with Gasteiger partial charge in [-0.15, -0.1) is 11.3 Å². The fourth-order valence-electron chi connectivity index (χ4n) is 2.71. The summed E-state index contributed by atoms with van der Waals surface area (Å²) in [6, 6.07) is 0. The minimum atomic E-state index is 0.447. The van der Waals surface area contributed by atoms with E-state index in [1.54, 1.807) is 11.3 Å². The zero-order valence-electron chi connectivity index (χ0n) is 11.7. The summed E-state index contributed by atoms with van der Waals surface area (Å²) in [5.41, 5.74) is 0.447. The molecule has 0 bridgehead atoms. The first-order valence-corrected chi connectivity index (χ1v) is 7.83. The Balaban J connectivity index is 1.80. The quantitative estimate of drug-likeness (QED) is 0.831. The lowest BCUT2D eigenvalue weighted by atomic mass is 9.76. The van der Waals surface area contributed by atoms with Crippen LogP contribution in [0.25, 0.3) is 0 Å². The van der Waals surface area contributed by atoms with E-state index in [4.69, 9.17) is 0 Å². The molecule has 2 heterocycles. The van der Waals surface area contributed by atoms with Crippen LogP contribution in [0.5, 0.6) is 0 Å². The normalized spacial score (nSPS) is 25.8. The smallest absolute Gasteiger partial charge is 0.0965 e. The molecule has 0 spiro atoms.